The summed E-state index contributed by atoms with van der Waals surface area (Å²) < 4.78 is 17.9. The van der Waals surface area contributed by atoms with Crippen LogP contribution in [0.5, 0.6) is 0 Å². The van der Waals surface area contributed by atoms with Crippen molar-refractivity contribution in [3.05, 3.63) is 41.2 Å². The number of ether oxygens (including phenoxy) is 1. The predicted molar refractivity (Wildman–Crippen MR) is 85.7 cm³/mol. The molecule has 0 bridgehead atoms. The molecule has 0 saturated heterocycles. The largest absolute Gasteiger partial charge is 0.463 e. The number of nitrogens with zero attached hydrogens (tertiary/aromatic N) is 1. The molecule has 5 nitrogen and oxygen atoms in total. The summed E-state index contributed by atoms with van der Waals surface area (Å²) in [5, 5.41) is 4.88. The highest BCUT2D eigenvalue weighted by Crippen LogP contribution is 2.23. The molecule has 0 unspecified atom stereocenters. The summed E-state index contributed by atoms with van der Waals surface area (Å²) in [4.78, 5) is 27.6. The highest BCUT2D eigenvalue weighted by atomic mass is 32.1. The van der Waals surface area contributed by atoms with Crippen molar-refractivity contribution in [3.63, 3.8) is 0 Å². The van der Waals surface area contributed by atoms with Gasteiger partial charge in [0.15, 0.2) is 0 Å². The van der Waals surface area contributed by atoms with E-state index in [0.717, 1.165) is 5.56 Å². The molecule has 0 fully saturated rings. The van der Waals surface area contributed by atoms with Gasteiger partial charge in [0.1, 0.15) is 16.5 Å². The number of hydrogen-bond acceptors (Lipinski definition) is 5. The fourth-order valence-electron chi connectivity index (χ4n) is 1.79. The molecule has 1 N–H and O–H groups in total. The second kappa shape index (κ2) is 7.82. The van der Waals surface area contributed by atoms with E-state index in [1.54, 1.807) is 31.4 Å². The predicted octanol–water partition coefficient (Wildman–Crippen LogP) is 3.02. The summed E-state index contributed by atoms with van der Waals surface area (Å²) in [5.74, 6) is -1.03. The van der Waals surface area contributed by atoms with Crippen LogP contribution in [0.2, 0.25) is 0 Å². The van der Waals surface area contributed by atoms with Gasteiger partial charge in [0, 0.05) is 17.5 Å². The number of carbonyl (C=O) groups is 2. The summed E-state index contributed by atoms with van der Waals surface area (Å²) in [6.45, 7) is 3.72. The smallest absolute Gasteiger partial charge is 0.307 e. The number of carbonyl (C=O) groups excluding carboxylic acids is 2. The van der Waals surface area contributed by atoms with Crippen molar-refractivity contribution >= 4 is 23.2 Å². The third-order valence-corrected chi connectivity index (χ3v) is 3.70. The Morgan fingerprint density at radius 3 is 2.65 bits per heavy atom. The van der Waals surface area contributed by atoms with Gasteiger partial charge in [0.25, 0.3) is 5.91 Å². The second-order valence-corrected chi connectivity index (χ2v) is 5.95. The monoisotopic (exact) mass is 336 g/mol. The zero-order chi connectivity index (χ0) is 16.8. The van der Waals surface area contributed by atoms with Crippen molar-refractivity contribution in [1.29, 1.82) is 0 Å². The van der Waals surface area contributed by atoms with Crippen molar-refractivity contribution in [2.24, 2.45) is 0 Å². The van der Waals surface area contributed by atoms with Gasteiger partial charge >= 0.3 is 5.97 Å². The van der Waals surface area contributed by atoms with Crippen LogP contribution in [0.3, 0.4) is 0 Å². The maximum absolute atomic E-state index is 12.9. The maximum atomic E-state index is 12.9. The lowest BCUT2D eigenvalue weighted by atomic mass is 10.2. The first-order chi connectivity index (χ1) is 11.0. The zero-order valence-corrected chi connectivity index (χ0v) is 13.7. The molecule has 0 aliphatic rings. The van der Waals surface area contributed by atoms with Gasteiger partial charge in [-0.1, -0.05) is 0 Å². The Labute approximate surface area is 137 Å². The van der Waals surface area contributed by atoms with Gasteiger partial charge < -0.3 is 10.1 Å². The van der Waals surface area contributed by atoms with Crippen LogP contribution in [0.1, 0.15) is 30.8 Å². The molecule has 0 aliphatic carbocycles. The van der Waals surface area contributed by atoms with Gasteiger partial charge in [-0.2, -0.15) is 0 Å². The summed E-state index contributed by atoms with van der Waals surface area (Å²) >= 11 is 1.30. The van der Waals surface area contributed by atoms with Gasteiger partial charge in [-0.25, -0.2) is 9.37 Å². The molecule has 0 saturated carbocycles. The van der Waals surface area contributed by atoms with Crippen molar-refractivity contribution in [1.82, 2.24) is 10.3 Å². The molecule has 2 rings (SSSR count). The molecule has 122 valence electrons. The molecule has 1 aromatic heterocycles. The molecule has 2 aromatic rings. The number of halogens is 1. The highest BCUT2D eigenvalue weighted by Gasteiger charge is 2.13. The number of nitrogens with one attached hydrogen (secondary N) is 1. The molecule has 0 spiro atoms. The van der Waals surface area contributed by atoms with Crippen LogP contribution >= 0.6 is 11.3 Å². The third kappa shape index (κ3) is 5.14. The van der Waals surface area contributed by atoms with E-state index in [4.69, 9.17) is 4.74 Å². The first-order valence-electron chi connectivity index (χ1n) is 7.15. The highest BCUT2D eigenvalue weighted by molar-refractivity contribution is 7.13. The lowest BCUT2D eigenvalue weighted by molar-refractivity contribution is -0.147. The van der Waals surface area contributed by atoms with Crippen LogP contribution < -0.4 is 5.32 Å². The van der Waals surface area contributed by atoms with Crippen LogP contribution in [0, 0.1) is 5.82 Å². The van der Waals surface area contributed by atoms with E-state index < -0.39 is 0 Å². The molecule has 1 heterocycles. The molecule has 7 heteroatoms. The number of hydrogen-bond donors (Lipinski definition) is 1. The van der Waals surface area contributed by atoms with E-state index in [1.807, 2.05) is 0 Å². The van der Waals surface area contributed by atoms with Gasteiger partial charge in [-0.05, 0) is 38.1 Å². The minimum absolute atomic E-state index is 0.110. The van der Waals surface area contributed by atoms with Crippen LogP contribution in [0.4, 0.5) is 4.39 Å². The number of benzene rings is 1. The quantitative estimate of drug-likeness (QED) is 0.823. The topological polar surface area (TPSA) is 68.3 Å². The molecule has 1 aromatic carbocycles. The van der Waals surface area contributed by atoms with Crippen molar-refractivity contribution in [2.75, 3.05) is 6.54 Å². The normalized spacial score (nSPS) is 10.6. The fraction of sp³-hybridized carbons (Fsp3) is 0.312. The second-order valence-electron chi connectivity index (χ2n) is 5.09. The van der Waals surface area contributed by atoms with Crippen LogP contribution in [0.25, 0.3) is 10.6 Å². The van der Waals surface area contributed by atoms with Crippen LogP contribution in [-0.2, 0) is 9.53 Å². The SMILES string of the molecule is CC(C)OC(=O)CCNC(=O)c1csc(-c2ccc(F)cc2)n1. The zero-order valence-electron chi connectivity index (χ0n) is 12.8. The molecular formula is C16H17FN2O3S. The van der Waals surface area contributed by atoms with Crippen molar-refractivity contribution < 1.29 is 18.7 Å². The Balaban J connectivity index is 1.89. The van der Waals surface area contributed by atoms with E-state index in [-0.39, 0.29) is 42.5 Å². The Morgan fingerprint density at radius 2 is 2.00 bits per heavy atom. The van der Waals surface area contributed by atoms with Gasteiger partial charge in [0.05, 0.1) is 12.5 Å². The first-order valence-corrected chi connectivity index (χ1v) is 8.03. The number of aromatic nitrogens is 1. The Kier molecular flexibility index (Phi) is 5.81. The standard InChI is InChI=1S/C16H17FN2O3S/c1-10(2)22-14(20)7-8-18-15(21)13-9-23-16(19-13)11-3-5-12(17)6-4-11/h3-6,9-10H,7-8H2,1-2H3,(H,18,21). The Morgan fingerprint density at radius 1 is 1.30 bits per heavy atom. The number of amides is 1. The lowest BCUT2D eigenvalue weighted by Gasteiger charge is -2.07. The van der Waals surface area contributed by atoms with E-state index in [9.17, 15) is 14.0 Å². The van der Waals surface area contributed by atoms with E-state index in [2.05, 4.69) is 10.3 Å². The molecular weight excluding hydrogens is 319 g/mol. The van der Waals surface area contributed by atoms with Gasteiger partial charge in [-0.15, -0.1) is 11.3 Å². The average molecular weight is 336 g/mol. The van der Waals surface area contributed by atoms with E-state index in [0.29, 0.717) is 5.01 Å². The summed E-state index contributed by atoms with van der Waals surface area (Å²) in [5.41, 5.74) is 1.02. The fourth-order valence-corrected chi connectivity index (χ4v) is 2.60. The molecule has 0 atom stereocenters. The molecule has 1 amide bonds. The van der Waals surface area contributed by atoms with E-state index >= 15 is 0 Å². The van der Waals surface area contributed by atoms with Crippen LogP contribution in [0.15, 0.2) is 29.6 Å². The minimum Gasteiger partial charge on any atom is -0.463 e. The Hall–Kier alpha value is -2.28. The number of thiazole rings is 1. The van der Waals surface area contributed by atoms with Crippen molar-refractivity contribution in [3.8, 4) is 10.6 Å². The van der Waals surface area contributed by atoms with E-state index in [1.165, 1.54) is 23.5 Å². The number of rotatable bonds is 6. The lowest BCUT2D eigenvalue weighted by Crippen LogP contribution is -2.27. The van der Waals surface area contributed by atoms with Crippen LogP contribution in [-0.4, -0.2) is 29.5 Å². The summed E-state index contributed by atoms with van der Waals surface area (Å²) in [6.07, 6.45) is -0.0613. The summed E-state index contributed by atoms with van der Waals surface area (Å²) in [6, 6.07) is 5.91. The van der Waals surface area contributed by atoms with Gasteiger partial charge in [-0.3, -0.25) is 9.59 Å². The maximum Gasteiger partial charge on any atom is 0.307 e. The molecule has 0 aliphatic heterocycles. The van der Waals surface area contributed by atoms with Gasteiger partial charge in [0.2, 0.25) is 0 Å². The number of esters is 1. The van der Waals surface area contributed by atoms with Crippen molar-refractivity contribution in [2.45, 2.75) is 26.4 Å². The first kappa shape index (κ1) is 17.1. The Bertz CT molecular complexity index is 683. The molecule has 0 radical (unpaired) electrons. The summed E-state index contributed by atoms with van der Waals surface area (Å²) in [7, 11) is 0. The molecule has 23 heavy (non-hydrogen) atoms. The third-order valence-electron chi connectivity index (χ3n) is 2.81. The average Bonchev–Trinajstić information content (AvgIpc) is 2.97. The minimum atomic E-state index is -0.356.